The first kappa shape index (κ1) is 19.4. The van der Waals surface area contributed by atoms with Gasteiger partial charge in [-0.05, 0) is 24.6 Å². The fourth-order valence-corrected chi connectivity index (χ4v) is 1.51. The van der Waals surface area contributed by atoms with Crippen molar-refractivity contribution in [2.24, 2.45) is 7.05 Å². The number of hydrogen-bond acceptors (Lipinski definition) is 3. The van der Waals surface area contributed by atoms with Crippen molar-refractivity contribution in [1.29, 1.82) is 0 Å². The van der Waals surface area contributed by atoms with Gasteiger partial charge in [-0.3, -0.25) is 0 Å². The van der Waals surface area contributed by atoms with Crippen molar-refractivity contribution in [2.75, 3.05) is 0 Å². The lowest BCUT2D eigenvalue weighted by Crippen LogP contribution is -2.37. The van der Waals surface area contributed by atoms with Gasteiger partial charge in [0.2, 0.25) is 0 Å². The molecule has 0 unspecified atom stereocenters. The third-order valence-corrected chi connectivity index (χ3v) is 2.76. The standard InChI is InChI=1S/C14H15FNO.C2HF3O2/c1-11-3-4-14(13(15)9-11)17-10-12-5-7-16(2)8-6-12;3-2(4,5)1(6)7/h3-9H,10H2,1-2H3;(H,6,7)/q+1;/p-1. The van der Waals surface area contributed by atoms with Crippen molar-refractivity contribution in [3.8, 4) is 5.75 Å². The number of halogens is 4. The number of aliphatic carboxylic acids is 1. The van der Waals surface area contributed by atoms with Crippen LogP contribution in [-0.2, 0) is 18.4 Å². The molecule has 0 aliphatic carbocycles. The number of aromatic nitrogens is 1. The van der Waals surface area contributed by atoms with Crippen LogP contribution in [0.15, 0.2) is 42.7 Å². The summed E-state index contributed by atoms with van der Waals surface area (Å²) < 4.78 is 52.4. The Morgan fingerprint density at radius 3 is 2.21 bits per heavy atom. The van der Waals surface area contributed by atoms with E-state index in [0.29, 0.717) is 12.4 Å². The third kappa shape index (κ3) is 6.64. The lowest BCUT2D eigenvalue weighted by Gasteiger charge is -2.07. The molecule has 0 aliphatic heterocycles. The quantitative estimate of drug-likeness (QED) is 0.630. The minimum atomic E-state index is -5.19. The van der Waals surface area contributed by atoms with E-state index in [1.165, 1.54) is 6.07 Å². The Hall–Kier alpha value is -2.64. The number of carbonyl (C=O) groups is 1. The lowest BCUT2D eigenvalue weighted by molar-refractivity contribution is -0.671. The highest BCUT2D eigenvalue weighted by molar-refractivity contribution is 5.70. The average molecular weight is 345 g/mol. The molecule has 0 fully saturated rings. The van der Waals surface area contributed by atoms with Crippen LogP contribution < -0.4 is 14.4 Å². The minimum Gasteiger partial charge on any atom is -0.542 e. The molecular formula is C16H15F4NO3. The maximum atomic E-state index is 13.5. The van der Waals surface area contributed by atoms with Gasteiger partial charge in [0.15, 0.2) is 24.0 Å². The number of carboxylic acid groups (broad SMARTS) is 1. The van der Waals surface area contributed by atoms with Gasteiger partial charge in [-0.1, -0.05) is 6.07 Å². The molecule has 8 heteroatoms. The molecule has 0 saturated carbocycles. The molecule has 1 aromatic heterocycles. The van der Waals surface area contributed by atoms with Gasteiger partial charge in [0, 0.05) is 17.7 Å². The summed E-state index contributed by atoms with van der Waals surface area (Å²) >= 11 is 0. The number of ether oxygens (including phenoxy) is 1. The molecule has 1 aromatic carbocycles. The number of aryl methyl sites for hydroxylation is 2. The summed E-state index contributed by atoms with van der Waals surface area (Å²) in [5.41, 5.74) is 1.91. The second-order valence-corrected chi connectivity index (χ2v) is 4.88. The van der Waals surface area contributed by atoms with Gasteiger partial charge in [0.05, 0.1) is 0 Å². The summed E-state index contributed by atoms with van der Waals surface area (Å²) in [5.74, 6) is -3.03. The summed E-state index contributed by atoms with van der Waals surface area (Å²) in [4.78, 5) is 8.78. The highest BCUT2D eigenvalue weighted by Crippen LogP contribution is 2.19. The molecule has 1 heterocycles. The van der Waals surface area contributed by atoms with Gasteiger partial charge >= 0.3 is 6.18 Å². The summed E-state index contributed by atoms with van der Waals surface area (Å²) in [6.45, 7) is 2.23. The number of alkyl halides is 3. The molecular weight excluding hydrogens is 330 g/mol. The molecule has 130 valence electrons. The van der Waals surface area contributed by atoms with E-state index in [0.717, 1.165) is 11.1 Å². The Labute approximate surface area is 135 Å². The van der Waals surface area contributed by atoms with Crippen LogP contribution in [-0.4, -0.2) is 12.1 Å². The van der Waals surface area contributed by atoms with Gasteiger partial charge in [0.25, 0.3) is 0 Å². The first-order chi connectivity index (χ1) is 11.1. The number of rotatable bonds is 3. The molecule has 0 amide bonds. The molecule has 0 atom stereocenters. The van der Waals surface area contributed by atoms with Crippen molar-refractivity contribution in [3.05, 3.63) is 59.7 Å². The summed E-state index contributed by atoms with van der Waals surface area (Å²) in [7, 11) is 1.95. The van der Waals surface area contributed by atoms with Gasteiger partial charge in [-0.15, -0.1) is 0 Å². The van der Waals surface area contributed by atoms with Crippen LogP contribution in [0.25, 0.3) is 0 Å². The van der Waals surface area contributed by atoms with E-state index < -0.39 is 12.1 Å². The Bertz CT molecular complexity index is 685. The zero-order chi connectivity index (χ0) is 18.3. The highest BCUT2D eigenvalue weighted by atomic mass is 19.4. The fourth-order valence-electron chi connectivity index (χ4n) is 1.51. The fraction of sp³-hybridized carbons (Fsp3) is 0.250. The maximum absolute atomic E-state index is 13.5. The molecule has 0 aliphatic rings. The number of carboxylic acids is 1. The first-order valence-electron chi connectivity index (χ1n) is 6.71. The maximum Gasteiger partial charge on any atom is 0.430 e. The zero-order valence-corrected chi connectivity index (χ0v) is 12.9. The van der Waals surface area contributed by atoms with Crippen LogP contribution in [0.3, 0.4) is 0 Å². The third-order valence-electron chi connectivity index (χ3n) is 2.76. The normalized spacial score (nSPS) is 10.6. The largest absolute Gasteiger partial charge is 0.542 e. The van der Waals surface area contributed by atoms with Crippen LogP contribution in [0.5, 0.6) is 5.75 Å². The van der Waals surface area contributed by atoms with E-state index >= 15 is 0 Å². The zero-order valence-electron chi connectivity index (χ0n) is 12.9. The molecule has 2 aromatic rings. The van der Waals surface area contributed by atoms with Crippen molar-refractivity contribution < 1.29 is 36.8 Å². The average Bonchev–Trinajstić information content (AvgIpc) is 2.48. The molecule has 0 spiro atoms. The van der Waals surface area contributed by atoms with Gasteiger partial charge < -0.3 is 14.6 Å². The Kier molecular flexibility index (Phi) is 6.69. The van der Waals surface area contributed by atoms with Crippen LogP contribution in [0, 0.1) is 12.7 Å². The first-order valence-corrected chi connectivity index (χ1v) is 6.71. The topological polar surface area (TPSA) is 53.2 Å². The Balaban J connectivity index is 0.000000351. The molecule has 0 N–H and O–H groups in total. The summed E-state index contributed by atoms with van der Waals surface area (Å²) in [6, 6.07) is 8.87. The molecule has 0 bridgehead atoms. The second-order valence-electron chi connectivity index (χ2n) is 4.88. The summed E-state index contributed by atoms with van der Waals surface area (Å²) in [5, 5.41) is 8.78. The number of nitrogens with zero attached hydrogens (tertiary/aromatic N) is 1. The van der Waals surface area contributed by atoms with Crippen LogP contribution in [0.4, 0.5) is 17.6 Å². The number of benzene rings is 1. The van der Waals surface area contributed by atoms with Gasteiger partial charge in [-0.25, -0.2) is 8.96 Å². The smallest absolute Gasteiger partial charge is 0.430 e. The lowest BCUT2D eigenvalue weighted by atomic mass is 10.2. The van der Waals surface area contributed by atoms with Crippen molar-refractivity contribution >= 4 is 5.97 Å². The molecule has 24 heavy (non-hydrogen) atoms. The number of hydrogen-bond donors (Lipinski definition) is 0. The van der Waals surface area contributed by atoms with Crippen LogP contribution >= 0.6 is 0 Å². The predicted octanol–water partition coefficient (Wildman–Crippen LogP) is 1.84. The SMILES string of the molecule is Cc1ccc(OCc2cc[n+](C)cc2)c(F)c1.O=C([O-])C(F)(F)F. The minimum absolute atomic E-state index is 0.295. The van der Waals surface area contributed by atoms with Crippen LogP contribution in [0.1, 0.15) is 11.1 Å². The predicted molar refractivity (Wildman–Crippen MR) is 74.1 cm³/mol. The molecule has 2 rings (SSSR count). The van der Waals surface area contributed by atoms with Gasteiger partial charge in [0.1, 0.15) is 19.6 Å². The Morgan fingerprint density at radius 2 is 1.75 bits per heavy atom. The van der Waals surface area contributed by atoms with E-state index in [2.05, 4.69) is 0 Å². The monoisotopic (exact) mass is 345 g/mol. The molecule has 4 nitrogen and oxygen atoms in total. The van der Waals surface area contributed by atoms with E-state index in [-0.39, 0.29) is 5.82 Å². The molecule has 0 saturated heterocycles. The van der Waals surface area contributed by atoms with Crippen molar-refractivity contribution in [1.82, 2.24) is 0 Å². The second kappa shape index (κ2) is 8.28. The van der Waals surface area contributed by atoms with Gasteiger partial charge in [-0.2, -0.15) is 13.2 Å². The number of pyridine rings is 1. The van der Waals surface area contributed by atoms with Crippen LogP contribution in [0.2, 0.25) is 0 Å². The molecule has 0 radical (unpaired) electrons. The van der Waals surface area contributed by atoms with E-state index in [1.807, 2.05) is 49.1 Å². The Morgan fingerprint density at radius 1 is 1.21 bits per heavy atom. The number of carbonyl (C=O) groups excluding carboxylic acids is 1. The van der Waals surface area contributed by atoms with Crippen molar-refractivity contribution in [2.45, 2.75) is 19.7 Å². The van der Waals surface area contributed by atoms with Crippen molar-refractivity contribution in [3.63, 3.8) is 0 Å². The van der Waals surface area contributed by atoms with E-state index in [9.17, 15) is 17.6 Å². The highest BCUT2D eigenvalue weighted by Gasteiger charge is 2.28. The van der Waals surface area contributed by atoms with E-state index in [1.54, 1.807) is 6.07 Å². The summed E-state index contributed by atoms with van der Waals surface area (Å²) in [6.07, 6.45) is -1.33. The van der Waals surface area contributed by atoms with E-state index in [4.69, 9.17) is 14.6 Å².